The number of hydrogen-bond acceptors (Lipinski definition) is 4. The summed E-state index contributed by atoms with van der Waals surface area (Å²) in [5, 5.41) is 13.7. The second kappa shape index (κ2) is 3.81. The largest absolute Gasteiger partial charge is 0.373 e. The summed E-state index contributed by atoms with van der Waals surface area (Å²) in [4.78, 5) is 4.27. The molecule has 3 unspecified atom stereocenters. The lowest BCUT2D eigenvalue weighted by Gasteiger charge is -2.27. The molecule has 0 aliphatic carbocycles. The molecule has 0 radical (unpaired) electrons. The number of nitrogens with zero attached hydrogens (tertiary/aromatic N) is 4. The summed E-state index contributed by atoms with van der Waals surface area (Å²) in [6.45, 7) is 2.83. The SMILES string of the molecule is CCn1ncnc1CC1(C#N)CC2CCC1O2. The fraction of sp³-hybridized carbons (Fsp3) is 0.750. The van der Waals surface area contributed by atoms with E-state index >= 15 is 0 Å². The first-order chi connectivity index (χ1) is 8.27. The molecule has 0 aromatic carbocycles. The minimum Gasteiger partial charge on any atom is -0.373 e. The fourth-order valence-corrected chi connectivity index (χ4v) is 3.11. The zero-order valence-electron chi connectivity index (χ0n) is 9.96. The van der Waals surface area contributed by atoms with Crippen LogP contribution in [-0.4, -0.2) is 27.0 Å². The summed E-state index contributed by atoms with van der Waals surface area (Å²) in [5.41, 5.74) is -0.372. The lowest BCUT2D eigenvalue weighted by Crippen LogP contribution is -2.34. The minimum atomic E-state index is -0.372. The van der Waals surface area contributed by atoms with Crippen molar-refractivity contribution in [3.05, 3.63) is 12.2 Å². The number of fused-ring (bicyclic) bond motifs is 2. The Balaban J connectivity index is 1.86. The van der Waals surface area contributed by atoms with Gasteiger partial charge in [0.1, 0.15) is 12.2 Å². The quantitative estimate of drug-likeness (QED) is 0.788. The number of aromatic nitrogens is 3. The molecule has 3 heterocycles. The van der Waals surface area contributed by atoms with Gasteiger partial charge in [0.05, 0.1) is 23.7 Å². The van der Waals surface area contributed by atoms with Crippen molar-refractivity contribution in [2.45, 2.75) is 51.4 Å². The number of aryl methyl sites for hydroxylation is 1. The van der Waals surface area contributed by atoms with E-state index in [4.69, 9.17) is 4.74 Å². The van der Waals surface area contributed by atoms with Crippen LogP contribution in [0.4, 0.5) is 0 Å². The van der Waals surface area contributed by atoms with Crippen molar-refractivity contribution in [3.8, 4) is 6.07 Å². The van der Waals surface area contributed by atoms with Gasteiger partial charge in [-0.15, -0.1) is 0 Å². The van der Waals surface area contributed by atoms with Gasteiger partial charge in [-0.05, 0) is 26.2 Å². The fourth-order valence-electron chi connectivity index (χ4n) is 3.11. The van der Waals surface area contributed by atoms with E-state index in [0.29, 0.717) is 6.42 Å². The van der Waals surface area contributed by atoms with E-state index in [0.717, 1.165) is 31.6 Å². The maximum atomic E-state index is 9.51. The normalized spacial score (nSPS) is 35.1. The summed E-state index contributed by atoms with van der Waals surface area (Å²) in [5.74, 6) is 0.908. The zero-order chi connectivity index (χ0) is 11.9. The van der Waals surface area contributed by atoms with Crippen molar-refractivity contribution in [2.75, 3.05) is 0 Å². The number of ether oxygens (including phenoxy) is 1. The maximum absolute atomic E-state index is 9.51. The molecule has 2 aliphatic heterocycles. The standard InChI is InChI=1S/C12H16N4O/c1-2-16-11(14-8-15-16)6-12(7-13)5-9-3-4-10(12)17-9/h8-10H,2-6H2,1H3. The van der Waals surface area contributed by atoms with E-state index in [1.807, 2.05) is 11.6 Å². The van der Waals surface area contributed by atoms with Crippen LogP contribution in [0.5, 0.6) is 0 Å². The average Bonchev–Trinajstić information content (AvgIpc) is 3.03. The van der Waals surface area contributed by atoms with Crippen LogP contribution in [0, 0.1) is 16.7 Å². The summed E-state index contributed by atoms with van der Waals surface area (Å²) in [6.07, 6.45) is 5.59. The second-order valence-electron chi connectivity index (χ2n) is 4.96. The Morgan fingerprint density at radius 1 is 1.65 bits per heavy atom. The monoisotopic (exact) mass is 232 g/mol. The third-order valence-corrected chi connectivity index (χ3v) is 4.01. The van der Waals surface area contributed by atoms with Crippen LogP contribution < -0.4 is 0 Å². The van der Waals surface area contributed by atoms with Crippen molar-refractivity contribution < 1.29 is 4.74 Å². The minimum absolute atomic E-state index is 0.0968. The van der Waals surface area contributed by atoms with Crippen LogP contribution in [-0.2, 0) is 17.7 Å². The predicted octanol–water partition coefficient (Wildman–Crippen LogP) is 1.30. The van der Waals surface area contributed by atoms with Crippen LogP contribution in [0.15, 0.2) is 6.33 Å². The molecule has 5 heteroatoms. The Hall–Kier alpha value is -1.41. The van der Waals surface area contributed by atoms with E-state index in [1.165, 1.54) is 0 Å². The summed E-state index contributed by atoms with van der Waals surface area (Å²) >= 11 is 0. The molecule has 17 heavy (non-hydrogen) atoms. The highest BCUT2D eigenvalue weighted by molar-refractivity contribution is 5.15. The van der Waals surface area contributed by atoms with Gasteiger partial charge >= 0.3 is 0 Å². The van der Waals surface area contributed by atoms with Gasteiger partial charge in [0.15, 0.2) is 0 Å². The molecule has 2 saturated heterocycles. The molecular weight excluding hydrogens is 216 g/mol. The molecule has 3 rings (SSSR count). The lowest BCUT2D eigenvalue weighted by atomic mass is 9.72. The Bertz CT molecular complexity index is 463. The second-order valence-corrected chi connectivity index (χ2v) is 4.96. The molecule has 5 nitrogen and oxygen atoms in total. The van der Waals surface area contributed by atoms with Crippen molar-refractivity contribution >= 4 is 0 Å². The van der Waals surface area contributed by atoms with Crippen LogP contribution in [0.3, 0.4) is 0 Å². The molecule has 0 amide bonds. The maximum Gasteiger partial charge on any atom is 0.138 e. The van der Waals surface area contributed by atoms with Crippen LogP contribution in [0.1, 0.15) is 32.0 Å². The van der Waals surface area contributed by atoms with Gasteiger partial charge in [-0.3, -0.25) is 4.68 Å². The number of hydrogen-bond donors (Lipinski definition) is 0. The lowest BCUT2D eigenvalue weighted by molar-refractivity contribution is 0.0779. The van der Waals surface area contributed by atoms with Crippen LogP contribution in [0.25, 0.3) is 0 Å². The molecule has 0 spiro atoms. The van der Waals surface area contributed by atoms with Gasteiger partial charge in [-0.25, -0.2) is 4.98 Å². The average molecular weight is 232 g/mol. The van der Waals surface area contributed by atoms with Gasteiger partial charge in [-0.2, -0.15) is 10.4 Å². The molecule has 90 valence electrons. The highest BCUT2D eigenvalue weighted by atomic mass is 16.5. The molecule has 2 bridgehead atoms. The van der Waals surface area contributed by atoms with E-state index in [2.05, 4.69) is 16.2 Å². The molecule has 3 atom stereocenters. The zero-order valence-corrected chi connectivity index (χ0v) is 9.96. The smallest absolute Gasteiger partial charge is 0.138 e. The van der Waals surface area contributed by atoms with Crippen LogP contribution in [0.2, 0.25) is 0 Å². The topological polar surface area (TPSA) is 63.7 Å². The van der Waals surface area contributed by atoms with Gasteiger partial charge in [0.25, 0.3) is 0 Å². The van der Waals surface area contributed by atoms with Crippen molar-refractivity contribution in [3.63, 3.8) is 0 Å². The van der Waals surface area contributed by atoms with E-state index < -0.39 is 0 Å². The van der Waals surface area contributed by atoms with Gasteiger partial charge in [0, 0.05) is 13.0 Å². The third-order valence-electron chi connectivity index (χ3n) is 4.01. The van der Waals surface area contributed by atoms with Gasteiger partial charge in [-0.1, -0.05) is 0 Å². The Morgan fingerprint density at radius 3 is 3.12 bits per heavy atom. The molecule has 1 aromatic rings. The summed E-state index contributed by atoms with van der Waals surface area (Å²) in [6, 6.07) is 2.49. The highest BCUT2D eigenvalue weighted by Gasteiger charge is 2.53. The molecule has 2 fully saturated rings. The molecule has 0 N–H and O–H groups in total. The Kier molecular flexibility index (Phi) is 2.40. The summed E-state index contributed by atoms with van der Waals surface area (Å²) in [7, 11) is 0. The first-order valence-corrected chi connectivity index (χ1v) is 6.21. The van der Waals surface area contributed by atoms with Crippen molar-refractivity contribution in [1.29, 1.82) is 5.26 Å². The van der Waals surface area contributed by atoms with E-state index in [1.54, 1.807) is 6.33 Å². The Morgan fingerprint density at radius 2 is 2.53 bits per heavy atom. The number of rotatable bonds is 3. The predicted molar refractivity (Wildman–Crippen MR) is 60.0 cm³/mol. The molecule has 2 aliphatic rings. The van der Waals surface area contributed by atoms with Crippen molar-refractivity contribution in [2.24, 2.45) is 5.41 Å². The van der Waals surface area contributed by atoms with Gasteiger partial charge < -0.3 is 4.74 Å². The first-order valence-electron chi connectivity index (χ1n) is 6.21. The van der Waals surface area contributed by atoms with E-state index in [-0.39, 0.29) is 17.6 Å². The van der Waals surface area contributed by atoms with Gasteiger partial charge in [0.2, 0.25) is 0 Å². The Labute approximate surface area is 100 Å². The van der Waals surface area contributed by atoms with Crippen LogP contribution >= 0.6 is 0 Å². The molecule has 1 aromatic heterocycles. The van der Waals surface area contributed by atoms with E-state index in [9.17, 15) is 5.26 Å². The third kappa shape index (κ3) is 1.55. The summed E-state index contributed by atoms with van der Waals surface area (Å²) < 4.78 is 7.69. The first kappa shape index (κ1) is 10.7. The molecular formula is C12H16N4O. The highest BCUT2D eigenvalue weighted by Crippen LogP contribution is 2.48. The van der Waals surface area contributed by atoms with Crippen molar-refractivity contribution in [1.82, 2.24) is 14.8 Å². The molecule has 0 saturated carbocycles. The number of nitriles is 1.